The van der Waals surface area contributed by atoms with Gasteiger partial charge in [-0.05, 0) is 41.2 Å². The first-order valence-corrected chi connectivity index (χ1v) is 14.8. The molecule has 1 aromatic carbocycles. The van der Waals surface area contributed by atoms with Crippen LogP contribution in [0.15, 0.2) is 18.2 Å². The van der Waals surface area contributed by atoms with E-state index in [0.29, 0.717) is 11.3 Å². The second-order valence-electron chi connectivity index (χ2n) is 12.4. The van der Waals surface area contributed by atoms with E-state index in [1.807, 2.05) is 6.92 Å². The van der Waals surface area contributed by atoms with Gasteiger partial charge in [0.2, 0.25) is 11.0 Å². The van der Waals surface area contributed by atoms with Crippen LogP contribution in [0, 0.1) is 34.5 Å². The molecule has 3 aliphatic rings. The molecule has 11 heteroatoms. The highest BCUT2D eigenvalue weighted by Gasteiger charge is 2.80. The molecular weight excluding hydrogens is 550 g/mol. The number of ketones is 2. The largest absolute Gasteiger partial charge is 0.507 e. The summed E-state index contributed by atoms with van der Waals surface area (Å²) in [5.74, 6) is -8.86. The normalized spacial score (nSPS) is 40.3. The SMILES string of the molecule is CCSC(=O)/C=C/c1ccc2c(c1O)C(=O)[C@@H]1C(O)[C@@]3(O)C(=O)[C@H](C(N)=O)C(O)[C@H](C(C)C)[C@@]3(C)[C@H](O)[C@@]1(C)[C@@H]2C. The fourth-order valence-corrected chi connectivity index (χ4v) is 8.71. The molecule has 10 atom stereocenters. The number of fused-ring (bicyclic) bond motifs is 3. The molecule has 2 unspecified atom stereocenters. The third kappa shape index (κ3) is 3.92. The maximum atomic E-state index is 14.2. The van der Waals surface area contributed by atoms with Crippen molar-refractivity contribution in [1.82, 2.24) is 0 Å². The van der Waals surface area contributed by atoms with Crippen molar-refractivity contribution < 1.29 is 44.7 Å². The summed E-state index contributed by atoms with van der Waals surface area (Å²) in [7, 11) is 0. The average molecular weight is 590 g/mol. The number of thioether (sulfide) groups is 1. The van der Waals surface area contributed by atoms with Gasteiger partial charge in [0, 0.05) is 16.4 Å². The van der Waals surface area contributed by atoms with E-state index >= 15 is 0 Å². The van der Waals surface area contributed by atoms with E-state index in [1.165, 1.54) is 19.1 Å². The first kappa shape index (κ1) is 31.4. The zero-order valence-electron chi connectivity index (χ0n) is 24.0. The van der Waals surface area contributed by atoms with Crippen LogP contribution < -0.4 is 5.73 Å². The molecule has 0 radical (unpaired) electrons. The molecule has 10 nitrogen and oxygen atoms in total. The van der Waals surface area contributed by atoms with Crippen molar-refractivity contribution in [2.24, 2.45) is 40.2 Å². The molecule has 0 heterocycles. The zero-order chi connectivity index (χ0) is 31.0. The highest BCUT2D eigenvalue weighted by molar-refractivity contribution is 8.14. The molecule has 0 bridgehead atoms. The number of phenolic OH excluding ortho intramolecular Hbond substituents is 1. The number of aliphatic hydroxyl groups excluding tert-OH is 3. The highest BCUT2D eigenvalue weighted by atomic mass is 32.2. The van der Waals surface area contributed by atoms with Crippen molar-refractivity contribution >= 4 is 40.4 Å². The molecule has 1 amide bonds. The molecule has 4 rings (SSSR count). The second-order valence-corrected chi connectivity index (χ2v) is 13.7. The fraction of sp³-hybridized carbons (Fsp3) is 0.600. The van der Waals surface area contributed by atoms with Gasteiger partial charge in [0.25, 0.3) is 0 Å². The van der Waals surface area contributed by atoms with E-state index in [1.54, 1.807) is 39.8 Å². The molecule has 0 aromatic heterocycles. The number of Topliss-reactive ketones (excluding diaryl/α,β-unsaturated/α-hetero) is 2. The average Bonchev–Trinajstić information content (AvgIpc) is 2.88. The third-order valence-corrected chi connectivity index (χ3v) is 11.0. The fourth-order valence-electron chi connectivity index (χ4n) is 8.26. The number of carbonyl (C=O) groups is 4. The summed E-state index contributed by atoms with van der Waals surface area (Å²) in [5, 5.41) is 58.5. The molecular formula is C30H39NO9S. The maximum absolute atomic E-state index is 14.2. The molecule has 2 saturated carbocycles. The summed E-state index contributed by atoms with van der Waals surface area (Å²) in [6, 6.07) is 3.16. The van der Waals surface area contributed by atoms with Gasteiger partial charge in [-0.2, -0.15) is 0 Å². The molecule has 1 aromatic rings. The van der Waals surface area contributed by atoms with Gasteiger partial charge in [-0.3, -0.25) is 19.2 Å². The predicted molar refractivity (Wildman–Crippen MR) is 152 cm³/mol. The van der Waals surface area contributed by atoms with Crippen LogP contribution in [-0.2, 0) is 14.4 Å². The van der Waals surface area contributed by atoms with Gasteiger partial charge >= 0.3 is 0 Å². The van der Waals surface area contributed by atoms with Crippen LogP contribution in [0.4, 0.5) is 0 Å². The number of rotatable bonds is 5. The van der Waals surface area contributed by atoms with Crippen LogP contribution in [-0.4, -0.2) is 77.8 Å². The van der Waals surface area contributed by atoms with Crippen molar-refractivity contribution in [2.75, 3.05) is 5.75 Å². The standard InChI is InChI=1S/C30H39NO9S/c1-7-41-16(32)11-9-14-8-10-15-13(4)28(5)20(22(34)17(15)21(14)33)25(37)30(40)24(36)18(26(31)38)23(35)19(12(2)3)29(30,6)27(28)39/h8-13,18-20,23,25,27,33,35,37,39-40H,7H2,1-6H3,(H2,31,38)/b11-9+/t13-,18-,19+,20-,23?,25?,27-,28+,29+,30+/m1/s1. The Kier molecular flexibility index (Phi) is 7.88. The number of primary amides is 1. The summed E-state index contributed by atoms with van der Waals surface area (Å²) in [6.45, 7) is 9.91. The Labute approximate surface area is 243 Å². The van der Waals surface area contributed by atoms with Crippen molar-refractivity contribution in [3.63, 3.8) is 0 Å². The summed E-state index contributed by atoms with van der Waals surface area (Å²) >= 11 is 1.07. The molecule has 2 fully saturated rings. The van der Waals surface area contributed by atoms with E-state index < -0.39 is 87.6 Å². The lowest BCUT2D eigenvalue weighted by atomic mass is 9.36. The second kappa shape index (κ2) is 10.3. The minimum Gasteiger partial charge on any atom is -0.507 e. The summed E-state index contributed by atoms with van der Waals surface area (Å²) < 4.78 is 0. The Morgan fingerprint density at radius 2 is 1.76 bits per heavy atom. The van der Waals surface area contributed by atoms with Gasteiger partial charge in [0.05, 0.1) is 23.7 Å². The van der Waals surface area contributed by atoms with Crippen LogP contribution in [0.2, 0.25) is 0 Å². The molecule has 3 aliphatic carbocycles. The van der Waals surface area contributed by atoms with Crippen molar-refractivity contribution in [3.05, 3.63) is 34.9 Å². The number of hydrogen-bond acceptors (Lipinski definition) is 10. The van der Waals surface area contributed by atoms with Gasteiger partial charge in [0.15, 0.2) is 17.2 Å². The maximum Gasteiger partial charge on any atom is 0.230 e. The van der Waals surface area contributed by atoms with E-state index in [-0.39, 0.29) is 16.2 Å². The van der Waals surface area contributed by atoms with Gasteiger partial charge < -0.3 is 31.3 Å². The lowest BCUT2D eigenvalue weighted by molar-refractivity contribution is -0.306. The van der Waals surface area contributed by atoms with Gasteiger partial charge in [-0.1, -0.05) is 65.4 Å². The monoisotopic (exact) mass is 589 g/mol. The molecule has 7 N–H and O–H groups in total. The topological polar surface area (TPSA) is 195 Å². The predicted octanol–water partition coefficient (Wildman–Crippen LogP) is 1.40. The van der Waals surface area contributed by atoms with Crippen molar-refractivity contribution in [3.8, 4) is 5.75 Å². The molecule has 224 valence electrons. The van der Waals surface area contributed by atoms with Gasteiger partial charge in [-0.15, -0.1) is 0 Å². The lowest BCUT2D eigenvalue weighted by Gasteiger charge is -2.69. The Morgan fingerprint density at radius 3 is 2.29 bits per heavy atom. The first-order valence-electron chi connectivity index (χ1n) is 13.8. The number of aromatic hydroxyl groups is 1. The van der Waals surface area contributed by atoms with Gasteiger partial charge in [-0.25, -0.2) is 0 Å². The van der Waals surface area contributed by atoms with E-state index in [9.17, 15) is 44.7 Å². The van der Waals surface area contributed by atoms with Crippen LogP contribution in [0.5, 0.6) is 5.75 Å². The molecule has 0 spiro atoms. The smallest absolute Gasteiger partial charge is 0.230 e. The molecule has 0 saturated heterocycles. The van der Waals surface area contributed by atoms with E-state index in [0.717, 1.165) is 11.8 Å². The van der Waals surface area contributed by atoms with Crippen LogP contribution in [0.25, 0.3) is 6.08 Å². The number of aliphatic hydroxyl groups is 4. The Morgan fingerprint density at radius 1 is 1.15 bits per heavy atom. The third-order valence-electron chi connectivity index (χ3n) is 10.3. The first-order chi connectivity index (χ1) is 18.9. The molecule has 0 aliphatic heterocycles. The van der Waals surface area contributed by atoms with Crippen LogP contribution in [0.1, 0.15) is 68.9 Å². The number of amides is 1. The molecule has 41 heavy (non-hydrogen) atoms. The number of nitrogens with two attached hydrogens (primary N) is 1. The summed E-state index contributed by atoms with van der Waals surface area (Å²) in [5.41, 5.74) is -0.316. The summed E-state index contributed by atoms with van der Waals surface area (Å²) in [4.78, 5) is 52.4. The van der Waals surface area contributed by atoms with Crippen LogP contribution in [0.3, 0.4) is 0 Å². The number of carbonyl (C=O) groups excluding carboxylic acids is 4. The number of benzene rings is 1. The van der Waals surface area contributed by atoms with Crippen molar-refractivity contribution in [1.29, 1.82) is 0 Å². The van der Waals surface area contributed by atoms with E-state index in [2.05, 4.69) is 0 Å². The quantitative estimate of drug-likeness (QED) is 0.216. The van der Waals surface area contributed by atoms with E-state index in [4.69, 9.17) is 5.73 Å². The Bertz CT molecular complexity index is 1340. The highest BCUT2D eigenvalue weighted by Crippen LogP contribution is 2.68. The zero-order valence-corrected chi connectivity index (χ0v) is 24.8. The number of phenols is 1. The van der Waals surface area contributed by atoms with Crippen molar-refractivity contribution in [2.45, 2.75) is 71.4 Å². The minimum atomic E-state index is -2.84. The minimum absolute atomic E-state index is 0.147. The lowest BCUT2D eigenvalue weighted by Crippen LogP contribution is -2.83. The van der Waals surface area contributed by atoms with Crippen LogP contribution >= 0.6 is 11.8 Å². The Hall–Kier alpha value is -2.57. The summed E-state index contributed by atoms with van der Waals surface area (Å²) in [6.07, 6.45) is -2.76. The number of hydrogen-bond donors (Lipinski definition) is 6. The Balaban J connectivity index is 1.96. The van der Waals surface area contributed by atoms with Gasteiger partial charge in [0.1, 0.15) is 17.8 Å².